The lowest BCUT2D eigenvalue weighted by atomic mass is 9.73. The molecule has 1 aromatic rings. The summed E-state index contributed by atoms with van der Waals surface area (Å²) in [5.74, 6) is 1.20. The number of aromatic amines is 2. The normalized spacial score (nSPS) is 41.7. The van der Waals surface area contributed by atoms with E-state index in [1.54, 1.807) is 0 Å². The van der Waals surface area contributed by atoms with Crippen LogP contribution in [-0.4, -0.2) is 21.7 Å². The molecule has 108 valence electrons. The predicted octanol–water partition coefficient (Wildman–Crippen LogP) is 1.09. The first-order valence-electron chi connectivity index (χ1n) is 7.20. The molecule has 6 heteroatoms. The maximum absolute atomic E-state index is 12.1. The van der Waals surface area contributed by atoms with E-state index < -0.39 is 16.9 Å². The topological polar surface area (TPSA) is 84.2 Å². The monoisotopic (exact) mass is 278 g/mol. The Hall–Kier alpha value is -1.56. The average Bonchev–Trinajstić information content (AvgIpc) is 2.76. The number of fused-ring (bicyclic) bond motifs is 5. The summed E-state index contributed by atoms with van der Waals surface area (Å²) >= 11 is 0. The predicted molar refractivity (Wildman–Crippen MR) is 70.8 cm³/mol. The maximum atomic E-state index is 12.1. The van der Waals surface area contributed by atoms with Crippen molar-refractivity contribution in [2.75, 3.05) is 0 Å². The molecule has 20 heavy (non-hydrogen) atoms. The van der Waals surface area contributed by atoms with E-state index in [0.717, 1.165) is 19.3 Å². The molecular formula is C14H18N2O4. The smallest absolute Gasteiger partial charge is 0.328 e. The minimum absolute atomic E-state index is 0.147. The van der Waals surface area contributed by atoms with Gasteiger partial charge in [-0.1, -0.05) is 13.3 Å². The average molecular weight is 278 g/mol. The van der Waals surface area contributed by atoms with E-state index in [4.69, 9.17) is 9.47 Å². The Balaban J connectivity index is 1.81. The third-order valence-corrected chi connectivity index (χ3v) is 5.15. The third-order valence-electron chi connectivity index (χ3n) is 5.15. The van der Waals surface area contributed by atoms with Gasteiger partial charge < -0.3 is 9.47 Å². The van der Waals surface area contributed by atoms with E-state index >= 15 is 0 Å². The van der Waals surface area contributed by atoms with Crippen LogP contribution in [0.2, 0.25) is 0 Å². The van der Waals surface area contributed by atoms with E-state index in [0.29, 0.717) is 11.5 Å². The summed E-state index contributed by atoms with van der Waals surface area (Å²) in [6.45, 7) is 4.23. The van der Waals surface area contributed by atoms with Gasteiger partial charge in [0.2, 0.25) is 5.88 Å². The Morgan fingerprint density at radius 1 is 1.25 bits per heavy atom. The Labute approximate surface area is 115 Å². The lowest BCUT2D eigenvalue weighted by Crippen LogP contribution is -2.42. The van der Waals surface area contributed by atoms with Crippen LogP contribution < -0.4 is 16.0 Å². The summed E-state index contributed by atoms with van der Waals surface area (Å²) in [5.41, 5.74) is -1.03. The van der Waals surface area contributed by atoms with E-state index in [1.165, 1.54) is 0 Å². The molecule has 2 aliphatic heterocycles. The molecular weight excluding hydrogens is 260 g/mol. The van der Waals surface area contributed by atoms with Crippen LogP contribution in [0.5, 0.6) is 5.88 Å². The molecule has 0 radical (unpaired) electrons. The lowest BCUT2D eigenvalue weighted by Gasteiger charge is -2.35. The highest BCUT2D eigenvalue weighted by Crippen LogP contribution is 2.57. The van der Waals surface area contributed by atoms with Crippen molar-refractivity contribution in [3.8, 4) is 5.88 Å². The largest absolute Gasteiger partial charge is 0.469 e. The van der Waals surface area contributed by atoms with Crippen molar-refractivity contribution in [2.24, 2.45) is 11.8 Å². The molecule has 3 aliphatic rings. The van der Waals surface area contributed by atoms with Gasteiger partial charge in [0.15, 0.2) is 0 Å². The number of aromatic nitrogens is 2. The first-order valence-corrected chi connectivity index (χ1v) is 7.20. The summed E-state index contributed by atoms with van der Waals surface area (Å²) in [4.78, 5) is 28.3. The zero-order valence-electron chi connectivity index (χ0n) is 11.6. The van der Waals surface area contributed by atoms with Gasteiger partial charge in [-0.05, 0) is 25.7 Å². The van der Waals surface area contributed by atoms with Crippen molar-refractivity contribution in [3.63, 3.8) is 0 Å². The van der Waals surface area contributed by atoms with Crippen molar-refractivity contribution in [1.29, 1.82) is 0 Å². The van der Waals surface area contributed by atoms with Gasteiger partial charge in [0, 0.05) is 5.92 Å². The molecule has 1 saturated heterocycles. The minimum Gasteiger partial charge on any atom is -0.469 e. The SMILES string of the molecule is C[C@H]1CC[C@@H]2[C@H](C1)O[C@@H]1c3c([nH]c(=O)[nH]c3=O)O[C@]12C. The van der Waals surface area contributed by atoms with Crippen molar-refractivity contribution < 1.29 is 9.47 Å². The molecule has 6 nitrogen and oxygen atoms in total. The van der Waals surface area contributed by atoms with Gasteiger partial charge >= 0.3 is 5.69 Å². The first-order chi connectivity index (χ1) is 9.49. The van der Waals surface area contributed by atoms with Crippen molar-refractivity contribution in [1.82, 2.24) is 9.97 Å². The Morgan fingerprint density at radius 2 is 2.05 bits per heavy atom. The maximum Gasteiger partial charge on any atom is 0.328 e. The van der Waals surface area contributed by atoms with Crippen LogP contribution >= 0.6 is 0 Å². The number of nitrogens with one attached hydrogen (secondary N) is 2. The van der Waals surface area contributed by atoms with Crippen molar-refractivity contribution >= 4 is 0 Å². The van der Waals surface area contributed by atoms with Gasteiger partial charge in [0.05, 0.1) is 6.10 Å². The second-order valence-corrected chi connectivity index (χ2v) is 6.52. The first kappa shape index (κ1) is 12.2. The third kappa shape index (κ3) is 1.43. The molecule has 1 aliphatic carbocycles. The van der Waals surface area contributed by atoms with E-state index in [2.05, 4.69) is 16.9 Å². The van der Waals surface area contributed by atoms with E-state index in [9.17, 15) is 9.59 Å². The molecule has 0 amide bonds. The summed E-state index contributed by atoms with van der Waals surface area (Å²) in [7, 11) is 0. The van der Waals surface area contributed by atoms with Gasteiger partial charge in [0.1, 0.15) is 17.3 Å². The summed E-state index contributed by atoms with van der Waals surface area (Å²) < 4.78 is 12.1. The molecule has 4 rings (SSSR count). The Bertz CT molecular complexity index is 678. The number of H-pyrrole nitrogens is 2. The fourth-order valence-corrected chi connectivity index (χ4v) is 4.14. The molecule has 0 aromatic carbocycles. The van der Waals surface area contributed by atoms with Gasteiger partial charge in [-0.25, -0.2) is 4.79 Å². The number of hydrogen-bond donors (Lipinski definition) is 2. The molecule has 0 spiro atoms. The Morgan fingerprint density at radius 3 is 2.85 bits per heavy atom. The summed E-state index contributed by atoms with van der Waals surface area (Å²) in [6.07, 6.45) is 2.97. The van der Waals surface area contributed by atoms with Crippen LogP contribution in [0.1, 0.15) is 44.8 Å². The van der Waals surface area contributed by atoms with Gasteiger partial charge in [0.25, 0.3) is 5.56 Å². The zero-order valence-corrected chi connectivity index (χ0v) is 11.6. The number of hydrogen-bond acceptors (Lipinski definition) is 4. The van der Waals surface area contributed by atoms with Crippen LogP contribution in [0.15, 0.2) is 9.59 Å². The second-order valence-electron chi connectivity index (χ2n) is 6.52. The van der Waals surface area contributed by atoms with Crippen molar-refractivity contribution in [3.05, 3.63) is 26.4 Å². The molecule has 1 saturated carbocycles. The second kappa shape index (κ2) is 3.75. The fraction of sp³-hybridized carbons (Fsp3) is 0.714. The highest BCUT2D eigenvalue weighted by Gasteiger charge is 2.62. The molecule has 0 bridgehead atoms. The minimum atomic E-state index is -0.537. The number of rotatable bonds is 0. The van der Waals surface area contributed by atoms with Gasteiger partial charge in [-0.2, -0.15) is 0 Å². The molecule has 0 unspecified atom stereocenters. The summed E-state index contributed by atoms with van der Waals surface area (Å²) in [6, 6.07) is 0. The molecule has 5 atom stereocenters. The molecule has 3 heterocycles. The van der Waals surface area contributed by atoms with E-state index in [-0.39, 0.29) is 24.0 Å². The molecule has 1 aromatic heterocycles. The van der Waals surface area contributed by atoms with Gasteiger partial charge in [-0.3, -0.25) is 14.8 Å². The Kier molecular flexibility index (Phi) is 2.29. The quantitative estimate of drug-likeness (QED) is 0.744. The van der Waals surface area contributed by atoms with Crippen molar-refractivity contribution in [2.45, 2.75) is 50.9 Å². The van der Waals surface area contributed by atoms with Crippen LogP contribution in [-0.2, 0) is 4.74 Å². The van der Waals surface area contributed by atoms with Crippen LogP contribution in [0, 0.1) is 11.8 Å². The van der Waals surface area contributed by atoms with Crippen LogP contribution in [0.4, 0.5) is 0 Å². The summed E-state index contributed by atoms with van der Waals surface area (Å²) in [5, 5.41) is 0. The van der Waals surface area contributed by atoms with E-state index in [1.807, 2.05) is 6.92 Å². The molecule has 2 fully saturated rings. The fourth-order valence-electron chi connectivity index (χ4n) is 4.14. The van der Waals surface area contributed by atoms with Gasteiger partial charge in [-0.15, -0.1) is 0 Å². The zero-order chi connectivity index (χ0) is 14.1. The number of ether oxygens (including phenoxy) is 2. The van der Waals surface area contributed by atoms with Crippen LogP contribution in [0.25, 0.3) is 0 Å². The highest BCUT2D eigenvalue weighted by molar-refractivity contribution is 5.36. The lowest BCUT2D eigenvalue weighted by molar-refractivity contribution is -0.00597. The van der Waals surface area contributed by atoms with Crippen LogP contribution in [0.3, 0.4) is 0 Å². The standard InChI is InChI=1S/C14H18N2O4/c1-6-3-4-7-8(5-6)19-10-9-11(17)15-13(18)16-12(9)20-14(7,10)2/h6-8,10H,3-5H2,1-2H3,(H2,15,16,17,18)/t6-,7+,8-,10+,14-/m0/s1. The highest BCUT2D eigenvalue weighted by atomic mass is 16.6. The molecule has 2 N–H and O–H groups in total.